The fourth-order valence-electron chi connectivity index (χ4n) is 3.63. The summed E-state index contributed by atoms with van der Waals surface area (Å²) < 4.78 is 1.14. The lowest BCUT2D eigenvalue weighted by molar-refractivity contribution is -0.122. The molecule has 4 rings (SSSR count). The van der Waals surface area contributed by atoms with Crippen LogP contribution in [0.15, 0.2) is 28.7 Å². The number of fused-ring (bicyclic) bond motifs is 3. The van der Waals surface area contributed by atoms with E-state index in [9.17, 15) is 4.79 Å². The van der Waals surface area contributed by atoms with Gasteiger partial charge in [0, 0.05) is 9.89 Å². The van der Waals surface area contributed by atoms with Crippen LogP contribution >= 0.6 is 15.9 Å². The third-order valence-electron chi connectivity index (χ3n) is 5.01. The zero-order chi connectivity index (χ0) is 11.9. The maximum atomic E-state index is 11.2. The maximum Gasteiger partial charge on any atom is 0.126 e. The van der Waals surface area contributed by atoms with Gasteiger partial charge in [0.05, 0.1) is 0 Å². The van der Waals surface area contributed by atoms with Crippen LogP contribution < -0.4 is 0 Å². The van der Waals surface area contributed by atoms with Crippen LogP contribution in [0.25, 0.3) is 0 Å². The fourth-order valence-corrected chi connectivity index (χ4v) is 3.89. The van der Waals surface area contributed by atoms with E-state index in [4.69, 9.17) is 0 Å². The lowest BCUT2D eigenvalue weighted by Crippen LogP contribution is -2.44. The number of rotatable bonds is 2. The second-order valence-electron chi connectivity index (χ2n) is 5.77. The Bertz CT molecular complexity index is 410. The number of hydrogen-bond donors (Lipinski definition) is 0. The molecule has 0 heterocycles. The molecule has 2 bridgehead atoms. The van der Waals surface area contributed by atoms with Crippen molar-refractivity contribution in [3.8, 4) is 0 Å². The van der Waals surface area contributed by atoms with Gasteiger partial charge in [0.1, 0.15) is 6.29 Å². The molecule has 0 saturated heterocycles. The summed E-state index contributed by atoms with van der Waals surface area (Å²) in [6.45, 7) is 0. The van der Waals surface area contributed by atoms with Crippen LogP contribution in [0.5, 0.6) is 0 Å². The minimum Gasteiger partial charge on any atom is -0.303 e. The quantitative estimate of drug-likeness (QED) is 0.745. The first-order valence-corrected chi connectivity index (χ1v) is 7.20. The van der Waals surface area contributed by atoms with Gasteiger partial charge in [-0.25, -0.2) is 0 Å². The molecule has 0 spiro atoms. The SMILES string of the molecule is O=CC12CCC(c3ccc(Br)cc3)(CC1)CC2. The zero-order valence-electron chi connectivity index (χ0n) is 9.92. The smallest absolute Gasteiger partial charge is 0.126 e. The molecule has 1 aromatic carbocycles. The third-order valence-corrected chi connectivity index (χ3v) is 5.54. The van der Waals surface area contributed by atoms with Crippen molar-refractivity contribution in [2.24, 2.45) is 5.41 Å². The number of benzene rings is 1. The van der Waals surface area contributed by atoms with Crippen LogP contribution in [0, 0.1) is 5.41 Å². The van der Waals surface area contributed by atoms with Crippen molar-refractivity contribution < 1.29 is 4.79 Å². The Labute approximate surface area is 111 Å². The highest BCUT2D eigenvalue weighted by Crippen LogP contribution is 2.56. The van der Waals surface area contributed by atoms with Crippen LogP contribution in [-0.2, 0) is 10.2 Å². The second kappa shape index (κ2) is 3.94. The van der Waals surface area contributed by atoms with Crippen molar-refractivity contribution in [3.63, 3.8) is 0 Å². The summed E-state index contributed by atoms with van der Waals surface area (Å²) in [5.74, 6) is 0. The molecule has 0 aliphatic heterocycles. The lowest BCUT2D eigenvalue weighted by atomic mass is 9.52. The summed E-state index contributed by atoms with van der Waals surface area (Å²) in [5, 5.41) is 0. The Morgan fingerprint density at radius 2 is 1.47 bits per heavy atom. The summed E-state index contributed by atoms with van der Waals surface area (Å²) in [6, 6.07) is 8.78. The first kappa shape index (κ1) is 11.5. The molecule has 0 N–H and O–H groups in total. The molecule has 0 aromatic heterocycles. The molecule has 3 aliphatic rings. The molecule has 17 heavy (non-hydrogen) atoms. The van der Waals surface area contributed by atoms with Crippen LogP contribution in [0.3, 0.4) is 0 Å². The molecule has 90 valence electrons. The predicted octanol–water partition coefficient (Wildman–Crippen LogP) is 4.24. The maximum absolute atomic E-state index is 11.2. The number of halogens is 1. The summed E-state index contributed by atoms with van der Waals surface area (Å²) in [4.78, 5) is 11.2. The molecule has 1 nitrogen and oxygen atoms in total. The Balaban J connectivity index is 1.90. The van der Waals surface area contributed by atoms with E-state index in [0.717, 1.165) is 23.7 Å². The number of carbonyl (C=O) groups is 1. The number of aldehydes is 1. The fraction of sp³-hybridized carbons (Fsp3) is 0.533. The molecule has 0 amide bonds. The predicted molar refractivity (Wildman–Crippen MR) is 72.0 cm³/mol. The lowest BCUT2D eigenvalue weighted by Gasteiger charge is -2.51. The highest BCUT2D eigenvalue weighted by molar-refractivity contribution is 9.10. The summed E-state index contributed by atoms with van der Waals surface area (Å²) in [6.07, 6.45) is 8.07. The second-order valence-corrected chi connectivity index (χ2v) is 6.68. The Morgan fingerprint density at radius 1 is 0.941 bits per heavy atom. The van der Waals surface area contributed by atoms with E-state index in [0.29, 0.717) is 5.41 Å². The first-order valence-electron chi connectivity index (χ1n) is 6.41. The van der Waals surface area contributed by atoms with Gasteiger partial charge < -0.3 is 4.79 Å². The number of carbonyl (C=O) groups excluding carboxylic acids is 1. The third kappa shape index (κ3) is 1.77. The van der Waals surface area contributed by atoms with Gasteiger partial charge >= 0.3 is 0 Å². The van der Waals surface area contributed by atoms with Crippen molar-refractivity contribution in [3.05, 3.63) is 34.3 Å². The molecular weight excluding hydrogens is 276 g/mol. The van der Waals surface area contributed by atoms with Crippen LogP contribution in [-0.4, -0.2) is 6.29 Å². The van der Waals surface area contributed by atoms with Crippen LogP contribution in [0.4, 0.5) is 0 Å². The summed E-state index contributed by atoms with van der Waals surface area (Å²) in [5.41, 5.74) is 1.88. The topological polar surface area (TPSA) is 17.1 Å². The van der Waals surface area contributed by atoms with Gasteiger partial charge in [-0.3, -0.25) is 0 Å². The standard InChI is InChI=1S/C15H17BrO/c16-13-3-1-12(2-4-13)15-8-5-14(11-17,6-9-15)7-10-15/h1-4,11H,5-10H2. The highest BCUT2D eigenvalue weighted by atomic mass is 79.9. The van der Waals surface area contributed by atoms with Crippen LogP contribution in [0.1, 0.15) is 44.1 Å². The molecule has 3 saturated carbocycles. The Kier molecular flexibility index (Phi) is 2.66. The zero-order valence-corrected chi connectivity index (χ0v) is 11.5. The molecule has 3 fully saturated rings. The monoisotopic (exact) mass is 292 g/mol. The van der Waals surface area contributed by atoms with Crippen molar-refractivity contribution in [1.29, 1.82) is 0 Å². The Hall–Kier alpha value is -0.630. The average molecular weight is 293 g/mol. The van der Waals surface area contributed by atoms with E-state index in [-0.39, 0.29) is 5.41 Å². The molecule has 3 aliphatic carbocycles. The van der Waals surface area contributed by atoms with E-state index >= 15 is 0 Å². The van der Waals surface area contributed by atoms with Crippen LogP contribution in [0.2, 0.25) is 0 Å². The summed E-state index contributed by atoms with van der Waals surface area (Å²) >= 11 is 3.49. The molecule has 1 aromatic rings. The molecule has 2 heteroatoms. The van der Waals surface area contributed by atoms with E-state index in [1.165, 1.54) is 31.1 Å². The van der Waals surface area contributed by atoms with E-state index in [1.807, 2.05) is 0 Å². The largest absolute Gasteiger partial charge is 0.303 e. The van der Waals surface area contributed by atoms with Crippen molar-refractivity contribution >= 4 is 22.2 Å². The Morgan fingerprint density at radius 3 is 1.94 bits per heavy atom. The van der Waals surface area contributed by atoms with Gasteiger partial charge in [-0.15, -0.1) is 0 Å². The highest BCUT2D eigenvalue weighted by Gasteiger charge is 2.49. The summed E-state index contributed by atoms with van der Waals surface area (Å²) in [7, 11) is 0. The van der Waals surface area contributed by atoms with Gasteiger partial charge in [-0.05, 0) is 61.6 Å². The normalized spacial score (nSPS) is 35.8. The van der Waals surface area contributed by atoms with E-state index in [1.54, 1.807) is 0 Å². The van der Waals surface area contributed by atoms with Gasteiger partial charge in [0.2, 0.25) is 0 Å². The molecule has 0 unspecified atom stereocenters. The molecule has 0 atom stereocenters. The van der Waals surface area contributed by atoms with E-state index < -0.39 is 0 Å². The number of hydrogen-bond acceptors (Lipinski definition) is 1. The van der Waals surface area contributed by atoms with Crippen molar-refractivity contribution in [2.45, 2.75) is 43.9 Å². The molecular formula is C15H17BrO. The van der Waals surface area contributed by atoms with Gasteiger partial charge in [-0.1, -0.05) is 28.1 Å². The van der Waals surface area contributed by atoms with Crippen molar-refractivity contribution in [1.82, 2.24) is 0 Å². The first-order chi connectivity index (χ1) is 8.18. The minimum absolute atomic E-state index is 0.0388. The van der Waals surface area contributed by atoms with Gasteiger partial charge in [0.25, 0.3) is 0 Å². The van der Waals surface area contributed by atoms with Crippen molar-refractivity contribution in [2.75, 3.05) is 0 Å². The van der Waals surface area contributed by atoms with Gasteiger partial charge in [0.15, 0.2) is 0 Å². The average Bonchev–Trinajstić information content (AvgIpc) is 2.41. The van der Waals surface area contributed by atoms with E-state index in [2.05, 4.69) is 40.2 Å². The minimum atomic E-state index is 0.0388. The van der Waals surface area contributed by atoms with Gasteiger partial charge in [-0.2, -0.15) is 0 Å². The molecule has 0 radical (unpaired) electrons.